The van der Waals surface area contributed by atoms with Crippen LogP contribution in [0.4, 0.5) is 5.82 Å². The van der Waals surface area contributed by atoms with E-state index >= 15 is 0 Å². The quantitative estimate of drug-likeness (QED) is 0.669. The Labute approximate surface area is 116 Å². The van der Waals surface area contributed by atoms with Crippen molar-refractivity contribution >= 4 is 34.9 Å². The lowest BCUT2D eigenvalue weighted by atomic mass is 9.82. The third-order valence-electron chi connectivity index (χ3n) is 3.31. The van der Waals surface area contributed by atoms with Gasteiger partial charge in [0, 0.05) is 12.0 Å². The second kappa shape index (κ2) is 5.85. The number of carbonyl (C=O) groups is 1. The maximum atomic E-state index is 12.0. The summed E-state index contributed by atoms with van der Waals surface area (Å²) in [5.74, 6) is 1.14. The van der Waals surface area contributed by atoms with E-state index in [0.717, 1.165) is 31.6 Å². The van der Waals surface area contributed by atoms with E-state index in [4.69, 9.17) is 23.2 Å². The van der Waals surface area contributed by atoms with Crippen LogP contribution in [0.25, 0.3) is 0 Å². The summed E-state index contributed by atoms with van der Waals surface area (Å²) in [5.41, 5.74) is 0. The average Bonchev–Trinajstić information content (AvgIpc) is 2.28. The molecule has 0 aliphatic heterocycles. The van der Waals surface area contributed by atoms with Crippen molar-refractivity contribution in [1.82, 2.24) is 9.97 Å². The largest absolute Gasteiger partial charge is 0.310 e. The Bertz CT molecular complexity index is 425. The van der Waals surface area contributed by atoms with Gasteiger partial charge in [0.25, 0.3) is 0 Å². The molecule has 1 aromatic rings. The molecule has 0 radical (unpaired) electrons. The zero-order chi connectivity index (χ0) is 13.1. The molecule has 1 aromatic heterocycles. The first-order chi connectivity index (χ1) is 8.54. The number of nitrogens with zero attached hydrogens (tertiary/aromatic N) is 2. The lowest BCUT2D eigenvalue weighted by Gasteiger charge is -2.25. The molecule has 0 atom stereocenters. The highest BCUT2D eigenvalue weighted by Gasteiger charge is 2.24. The Morgan fingerprint density at radius 2 is 1.94 bits per heavy atom. The summed E-state index contributed by atoms with van der Waals surface area (Å²) in [5, 5.41) is 3.01. The zero-order valence-corrected chi connectivity index (χ0v) is 11.6. The summed E-state index contributed by atoms with van der Waals surface area (Å²) >= 11 is 11.4. The lowest BCUT2D eigenvalue weighted by molar-refractivity contribution is -0.121. The van der Waals surface area contributed by atoms with Gasteiger partial charge in [0.05, 0.1) is 0 Å². The molecule has 4 nitrogen and oxygen atoms in total. The van der Waals surface area contributed by atoms with E-state index in [9.17, 15) is 4.79 Å². The van der Waals surface area contributed by atoms with Crippen molar-refractivity contribution in [3.63, 3.8) is 0 Å². The summed E-state index contributed by atoms with van der Waals surface area (Å²) in [6.07, 6.45) is 4.06. The van der Waals surface area contributed by atoms with Crippen LogP contribution in [0.2, 0.25) is 10.4 Å². The van der Waals surface area contributed by atoms with Crippen LogP contribution < -0.4 is 5.32 Å². The molecule has 0 saturated heterocycles. The number of hydrogen-bond donors (Lipinski definition) is 1. The van der Waals surface area contributed by atoms with Gasteiger partial charge in [-0.1, -0.05) is 18.5 Å². The van der Waals surface area contributed by atoms with E-state index in [1.807, 2.05) is 0 Å². The normalized spacial score (nSPS) is 23.7. The van der Waals surface area contributed by atoms with Crippen LogP contribution >= 0.6 is 23.2 Å². The Morgan fingerprint density at radius 3 is 2.56 bits per heavy atom. The van der Waals surface area contributed by atoms with Crippen molar-refractivity contribution in [3.05, 3.63) is 16.5 Å². The van der Waals surface area contributed by atoms with E-state index in [1.165, 1.54) is 6.07 Å². The van der Waals surface area contributed by atoms with Crippen LogP contribution in [0, 0.1) is 11.8 Å². The Kier molecular flexibility index (Phi) is 4.40. The number of hydrogen-bond acceptors (Lipinski definition) is 3. The minimum Gasteiger partial charge on any atom is -0.310 e. The van der Waals surface area contributed by atoms with E-state index in [-0.39, 0.29) is 22.3 Å². The first-order valence-electron chi connectivity index (χ1n) is 6.05. The number of aromatic nitrogens is 2. The molecule has 18 heavy (non-hydrogen) atoms. The standard InChI is InChI=1S/C12H15Cl2N3O/c1-7-2-4-8(5-3-7)11(18)16-10-6-9(13)15-12(14)17-10/h6-8H,2-5H2,1H3,(H,15,16,17,18). The second-order valence-corrected chi connectivity index (χ2v) is 5.52. The Morgan fingerprint density at radius 1 is 1.28 bits per heavy atom. The second-order valence-electron chi connectivity index (χ2n) is 4.79. The minimum absolute atomic E-state index is 0.00673. The molecule has 98 valence electrons. The molecule has 1 amide bonds. The number of amides is 1. The van der Waals surface area contributed by atoms with Gasteiger partial charge >= 0.3 is 0 Å². The van der Waals surface area contributed by atoms with E-state index in [0.29, 0.717) is 5.82 Å². The summed E-state index contributed by atoms with van der Waals surface area (Å²) in [7, 11) is 0. The highest BCUT2D eigenvalue weighted by atomic mass is 35.5. The third-order valence-corrected chi connectivity index (χ3v) is 3.67. The number of anilines is 1. The fourth-order valence-electron chi connectivity index (χ4n) is 2.20. The molecule has 1 fully saturated rings. The summed E-state index contributed by atoms with van der Waals surface area (Å²) in [4.78, 5) is 19.7. The van der Waals surface area contributed by atoms with E-state index in [1.54, 1.807) is 0 Å². The molecule has 1 heterocycles. The van der Waals surface area contributed by atoms with Crippen LogP contribution in [-0.2, 0) is 4.79 Å². The van der Waals surface area contributed by atoms with Crippen molar-refractivity contribution in [2.24, 2.45) is 11.8 Å². The molecule has 1 saturated carbocycles. The van der Waals surface area contributed by atoms with Gasteiger partial charge in [-0.3, -0.25) is 4.79 Å². The van der Waals surface area contributed by atoms with Crippen molar-refractivity contribution < 1.29 is 4.79 Å². The van der Waals surface area contributed by atoms with Gasteiger partial charge in [-0.25, -0.2) is 9.97 Å². The van der Waals surface area contributed by atoms with Crippen LogP contribution in [-0.4, -0.2) is 15.9 Å². The molecule has 1 aliphatic carbocycles. The Hall–Kier alpha value is -0.870. The number of nitrogens with one attached hydrogen (secondary N) is 1. The fourth-order valence-corrected chi connectivity index (χ4v) is 2.61. The van der Waals surface area contributed by atoms with Crippen molar-refractivity contribution in [2.75, 3.05) is 5.32 Å². The summed E-state index contributed by atoms with van der Waals surface area (Å²) in [6, 6.07) is 1.50. The van der Waals surface area contributed by atoms with Gasteiger partial charge in [-0.15, -0.1) is 0 Å². The molecule has 0 unspecified atom stereocenters. The van der Waals surface area contributed by atoms with Crippen molar-refractivity contribution in [1.29, 1.82) is 0 Å². The number of rotatable bonds is 2. The molecule has 2 rings (SSSR count). The third kappa shape index (κ3) is 3.56. The van der Waals surface area contributed by atoms with Gasteiger partial charge in [0.15, 0.2) is 0 Å². The van der Waals surface area contributed by atoms with Crippen molar-refractivity contribution in [3.8, 4) is 0 Å². The first kappa shape index (κ1) is 13.6. The van der Waals surface area contributed by atoms with Crippen LogP contribution in [0.3, 0.4) is 0 Å². The van der Waals surface area contributed by atoms with Crippen LogP contribution in [0.15, 0.2) is 6.07 Å². The summed E-state index contributed by atoms with van der Waals surface area (Å²) < 4.78 is 0. The monoisotopic (exact) mass is 287 g/mol. The molecule has 1 aliphatic rings. The molecule has 1 N–H and O–H groups in total. The number of halogens is 2. The molecule has 0 bridgehead atoms. The van der Waals surface area contributed by atoms with Gasteiger partial charge < -0.3 is 5.32 Å². The lowest BCUT2D eigenvalue weighted by Crippen LogP contribution is -2.27. The molecular formula is C12H15Cl2N3O. The maximum Gasteiger partial charge on any atom is 0.228 e. The van der Waals surface area contributed by atoms with E-state index < -0.39 is 0 Å². The predicted molar refractivity (Wildman–Crippen MR) is 71.8 cm³/mol. The smallest absolute Gasteiger partial charge is 0.228 e. The molecule has 0 spiro atoms. The molecule has 6 heteroatoms. The predicted octanol–water partition coefficient (Wildman–Crippen LogP) is 3.55. The molecular weight excluding hydrogens is 273 g/mol. The number of carbonyl (C=O) groups excluding carboxylic acids is 1. The van der Waals surface area contributed by atoms with Gasteiger partial charge in [-0.05, 0) is 43.2 Å². The fraction of sp³-hybridized carbons (Fsp3) is 0.583. The van der Waals surface area contributed by atoms with Crippen LogP contribution in [0.5, 0.6) is 0 Å². The van der Waals surface area contributed by atoms with Gasteiger partial charge in [0.2, 0.25) is 11.2 Å². The van der Waals surface area contributed by atoms with Gasteiger partial charge in [-0.2, -0.15) is 0 Å². The van der Waals surface area contributed by atoms with Crippen molar-refractivity contribution in [2.45, 2.75) is 32.6 Å². The van der Waals surface area contributed by atoms with E-state index in [2.05, 4.69) is 22.2 Å². The topological polar surface area (TPSA) is 54.9 Å². The minimum atomic E-state index is -0.00673. The highest BCUT2D eigenvalue weighted by Crippen LogP contribution is 2.29. The summed E-state index contributed by atoms with van der Waals surface area (Å²) in [6.45, 7) is 2.22. The maximum absolute atomic E-state index is 12.0. The average molecular weight is 288 g/mol. The molecule has 0 aromatic carbocycles. The Balaban J connectivity index is 1.98. The highest BCUT2D eigenvalue weighted by molar-refractivity contribution is 6.32. The first-order valence-corrected chi connectivity index (χ1v) is 6.81. The SMILES string of the molecule is CC1CCC(C(=O)Nc2cc(Cl)nc(Cl)n2)CC1. The van der Waals surface area contributed by atoms with Gasteiger partial charge in [0.1, 0.15) is 11.0 Å². The zero-order valence-electron chi connectivity index (χ0n) is 10.1. The van der Waals surface area contributed by atoms with Crippen LogP contribution in [0.1, 0.15) is 32.6 Å².